The Kier molecular flexibility index (Phi) is 4.18. The fourth-order valence-corrected chi connectivity index (χ4v) is 2.99. The summed E-state index contributed by atoms with van der Waals surface area (Å²) in [6.45, 7) is 0. The molecule has 0 atom stereocenters. The summed E-state index contributed by atoms with van der Waals surface area (Å²) >= 11 is 7.56. The van der Waals surface area contributed by atoms with Crippen LogP contribution in [-0.2, 0) is 5.75 Å². The quantitative estimate of drug-likeness (QED) is 0.573. The Morgan fingerprint density at radius 2 is 1.90 bits per heavy atom. The van der Waals surface area contributed by atoms with Crippen LogP contribution < -0.4 is 5.73 Å². The van der Waals surface area contributed by atoms with Gasteiger partial charge in [0, 0.05) is 27.6 Å². The Hall–Kier alpha value is -1.91. The van der Waals surface area contributed by atoms with Gasteiger partial charge in [-0.2, -0.15) is 5.10 Å². The molecule has 0 aliphatic heterocycles. The van der Waals surface area contributed by atoms with E-state index in [-0.39, 0.29) is 0 Å². The molecule has 0 saturated heterocycles. The molecule has 0 aliphatic carbocycles. The number of benzene rings is 2. The molecule has 0 amide bonds. The molecule has 106 valence electrons. The maximum Gasteiger partial charge on any atom is 0.0731 e. The molecule has 3 nitrogen and oxygen atoms in total. The number of nitrogen functional groups attached to an aromatic ring is 1. The molecule has 1 aromatic heterocycles. The van der Waals surface area contributed by atoms with E-state index >= 15 is 0 Å². The van der Waals surface area contributed by atoms with E-state index in [9.17, 15) is 0 Å². The predicted molar refractivity (Wildman–Crippen MR) is 89.0 cm³/mol. The Morgan fingerprint density at radius 1 is 1.10 bits per heavy atom. The van der Waals surface area contributed by atoms with Gasteiger partial charge >= 0.3 is 0 Å². The summed E-state index contributed by atoms with van der Waals surface area (Å²) in [4.78, 5) is 1.02. The Balaban J connectivity index is 1.70. The minimum absolute atomic E-state index is 0.658. The fourth-order valence-electron chi connectivity index (χ4n) is 1.97. The lowest BCUT2D eigenvalue weighted by Crippen LogP contribution is -1.95. The standard InChI is InChI=1S/C16H14ClN3S/c17-12-6-7-16(15(18)10-12)21-11-13-8-9-20(19-13)14-4-2-1-3-5-14/h1-10H,11,18H2. The van der Waals surface area contributed by atoms with Gasteiger partial charge in [0.15, 0.2) is 0 Å². The maximum absolute atomic E-state index is 5.95. The Morgan fingerprint density at radius 3 is 2.67 bits per heavy atom. The van der Waals surface area contributed by atoms with E-state index in [1.54, 1.807) is 17.8 Å². The summed E-state index contributed by atoms with van der Waals surface area (Å²) in [5, 5.41) is 5.23. The fraction of sp³-hybridized carbons (Fsp3) is 0.0625. The molecule has 2 aromatic carbocycles. The third kappa shape index (κ3) is 3.40. The van der Waals surface area contributed by atoms with Crippen LogP contribution in [0.25, 0.3) is 5.69 Å². The van der Waals surface area contributed by atoms with Gasteiger partial charge < -0.3 is 5.73 Å². The molecule has 0 spiro atoms. The Labute approximate surface area is 132 Å². The highest BCUT2D eigenvalue weighted by Crippen LogP contribution is 2.29. The number of rotatable bonds is 4. The van der Waals surface area contributed by atoms with Gasteiger partial charge in [-0.25, -0.2) is 4.68 Å². The van der Waals surface area contributed by atoms with Gasteiger partial charge in [-0.15, -0.1) is 11.8 Å². The van der Waals surface area contributed by atoms with E-state index in [0.717, 1.165) is 22.0 Å². The normalized spacial score (nSPS) is 10.7. The molecule has 0 radical (unpaired) electrons. The second kappa shape index (κ2) is 6.24. The van der Waals surface area contributed by atoms with Crippen LogP contribution in [0.15, 0.2) is 65.7 Å². The smallest absolute Gasteiger partial charge is 0.0731 e. The molecule has 5 heteroatoms. The number of aromatic nitrogens is 2. The first-order valence-electron chi connectivity index (χ1n) is 6.50. The van der Waals surface area contributed by atoms with Crippen molar-refractivity contribution in [1.82, 2.24) is 9.78 Å². The lowest BCUT2D eigenvalue weighted by Gasteiger charge is -2.04. The van der Waals surface area contributed by atoms with Gasteiger partial charge in [-0.3, -0.25) is 0 Å². The van der Waals surface area contributed by atoms with E-state index < -0.39 is 0 Å². The molecule has 2 N–H and O–H groups in total. The number of nitrogens with zero attached hydrogens (tertiary/aromatic N) is 2. The van der Waals surface area contributed by atoms with Crippen LogP contribution in [0, 0.1) is 0 Å². The van der Waals surface area contributed by atoms with Crippen molar-refractivity contribution >= 4 is 29.1 Å². The summed E-state index contributed by atoms with van der Waals surface area (Å²) in [5.41, 5.74) is 8.72. The summed E-state index contributed by atoms with van der Waals surface area (Å²) < 4.78 is 1.88. The molecule has 3 aromatic rings. The van der Waals surface area contributed by atoms with E-state index in [1.165, 1.54) is 0 Å². The van der Waals surface area contributed by atoms with Crippen LogP contribution >= 0.6 is 23.4 Å². The number of anilines is 1. The molecule has 0 bridgehead atoms. The van der Waals surface area contributed by atoms with Crippen LogP contribution in [0.3, 0.4) is 0 Å². The highest BCUT2D eigenvalue weighted by molar-refractivity contribution is 7.98. The number of hydrogen-bond donors (Lipinski definition) is 1. The largest absolute Gasteiger partial charge is 0.398 e. The van der Waals surface area contributed by atoms with Crippen molar-refractivity contribution in [3.05, 3.63) is 71.5 Å². The number of hydrogen-bond acceptors (Lipinski definition) is 3. The lowest BCUT2D eigenvalue weighted by atomic mass is 10.3. The van der Waals surface area contributed by atoms with Crippen LogP contribution in [-0.4, -0.2) is 9.78 Å². The summed E-state index contributed by atoms with van der Waals surface area (Å²) in [6, 6.07) is 17.6. The summed E-state index contributed by atoms with van der Waals surface area (Å²) in [5.74, 6) is 0.770. The van der Waals surface area contributed by atoms with Crippen molar-refractivity contribution in [2.45, 2.75) is 10.6 Å². The van der Waals surface area contributed by atoms with E-state index in [0.29, 0.717) is 10.7 Å². The zero-order chi connectivity index (χ0) is 14.7. The topological polar surface area (TPSA) is 43.8 Å². The average molecular weight is 316 g/mol. The first-order valence-corrected chi connectivity index (χ1v) is 7.86. The SMILES string of the molecule is Nc1cc(Cl)ccc1SCc1ccn(-c2ccccc2)n1. The third-order valence-corrected chi connectivity index (χ3v) is 4.37. The summed E-state index contributed by atoms with van der Waals surface area (Å²) in [6.07, 6.45) is 1.97. The van der Waals surface area contributed by atoms with Crippen molar-refractivity contribution in [2.75, 3.05) is 5.73 Å². The maximum atomic E-state index is 5.95. The van der Waals surface area contributed by atoms with E-state index in [1.807, 2.05) is 59.4 Å². The molecular weight excluding hydrogens is 302 g/mol. The second-order valence-electron chi connectivity index (χ2n) is 4.56. The zero-order valence-electron chi connectivity index (χ0n) is 11.2. The van der Waals surface area contributed by atoms with Gasteiger partial charge in [0.05, 0.1) is 11.4 Å². The first-order chi connectivity index (χ1) is 10.2. The molecule has 0 aliphatic rings. The van der Waals surface area contributed by atoms with Crippen molar-refractivity contribution in [3.8, 4) is 5.69 Å². The van der Waals surface area contributed by atoms with Gasteiger partial charge in [0.25, 0.3) is 0 Å². The number of para-hydroxylation sites is 1. The predicted octanol–water partition coefficient (Wildman–Crippen LogP) is 4.40. The minimum Gasteiger partial charge on any atom is -0.398 e. The first kappa shape index (κ1) is 14.0. The van der Waals surface area contributed by atoms with Crippen LogP contribution in [0.1, 0.15) is 5.69 Å². The van der Waals surface area contributed by atoms with Crippen molar-refractivity contribution in [2.24, 2.45) is 0 Å². The van der Waals surface area contributed by atoms with Gasteiger partial charge in [0.2, 0.25) is 0 Å². The third-order valence-electron chi connectivity index (χ3n) is 3.01. The highest BCUT2D eigenvalue weighted by Gasteiger charge is 2.05. The number of thioether (sulfide) groups is 1. The van der Waals surface area contributed by atoms with Crippen LogP contribution in [0.5, 0.6) is 0 Å². The molecule has 0 fully saturated rings. The Bertz CT molecular complexity index is 740. The summed E-state index contributed by atoms with van der Waals surface area (Å²) in [7, 11) is 0. The monoisotopic (exact) mass is 315 g/mol. The average Bonchev–Trinajstić information content (AvgIpc) is 2.96. The van der Waals surface area contributed by atoms with Crippen LogP contribution in [0.2, 0.25) is 5.02 Å². The van der Waals surface area contributed by atoms with Crippen molar-refractivity contribution < 1.29 is 0 Å². The van der Waals surface area contributed by atoms with Gasteiger partial charge in [-0.05, 0) is 36.4 Å². The minimum atomic E-state index is 0.658. The molecule has 21 heavy (non-hydrogen) atoms. The zero-order valence-corrected chi connectivity index (χ0v) is 12.8. The highest BCUT2D eigenvalue weighted by atomic mass is 35.5. The molecule has 0 unspecified atom stereocenters. The van der Waals surface area contributed by atoms with Crippen LogP contribution in [0.4, 0.5) is 5.69 Å². The van der Waals surface area contributed by atoms with E-state index in [2.05, 4.69) is 5.10 Å². The molecule has 0 saturated carbocycles. The van der Waals surface area contributed by atoms with Crippen molar-refractivity contribution in [1.29, 1.82) is 0 Å². The molecule has 1 heterocycles. The van der Waals surface area contributed by atoms with Crippen molar-refractivity contribution in [3.63, 3.8) is 0 Å². The van der Waals surface area contributed by atoms with Gasteiger partial charge in [-0.1, -0.05) is 29.8 Å². The molecular formula is C16H14ClN3S. The second-order valence-corrected chi connectivity index (χ2v) is 6.01. The number of halogens is 1. The lowest BCUT2D eigenvalue weighted by molar-refractivity contribution is 0.859. The van der Waals surface area contributed by atoms with E-state index in [4.69, 9.17) is 17.3 Å². The van der Waals surface area contributed by atoms with Gasteiger partial charge in [0.1, 0.15) is 0 Å². The number of nitrogens with two attached hydrogens (primary N) is 1. The molecule has 3 rings (SSSR count).